The molecule has 0 aliphatic carbocycles. The van der Waals surface area contributed by atoms with Crippen molar-refractivity contribution in [3.8, 4) is 5.75 Å². The zero-order valence-corrected chi connectivity index (χ0v) is 22.7. The molecule has 0 bridgehead atoms. The second kappa shape index (κ2) is 11.1. The van der Waals surface area contributed by atoms with Crippen LogP contribution in [-0.4, -0.2) is 35.8 Å². The van der Waals surface area contributed by atoms with Gasteiger partial charge in [-0.15, -0.1) is 0 Å². The van der Waals surface area contributed by atoms with Crippen LogP contribution in [-0.2, 0) is 23.0 Å². The molecule has 13 heteroatoms. The van der Waals surface area contributed by atoms with E-state index in [2.05, 4.69) is 13.8 Å². The van der Waals surface area contributed by atoms with Gasteiger partial charge in [-0.3, -0.25) is 25.0 Å². The summed E-state index contributed by atoms with van der Waals surface area (Å²) >= 11 is 0. The Bertz CT molecular complexity index is 1730. The van der Waals surface area contributed by atoms with Gasteiger partial charge in [0.15, 0.2) is 0 Å². The van der Waals surface area contributed by atoms with Gasteiger partial charge in [-0.05, 0) is 53.8 Å². The fourth-order valence-corrected chi connectivity index (χ4v) is 5.37. The average Bonchev–Trinajstić information content (AvgIpc) is 3.23. The maximum Gasteiger partial charge on any atom is 0.270 e. The Balaban J connectivity index is 1.67. The van der Waals surface area contributed by atoms with Crippen LogP contribution in [0, 0.1) is 26.1 Å². The molecule has 0 radical (unpaired) electrons. The molecule has 0 saturated carbocycles. The number of nitro benzene ring substituents is 2. The van der Waals surface area contributed by atoms with E-state index >= 15 is 0 Å². The fourth-order valence-electron chi connectivity index (χ4n) is 4.40. The van der Waals surface area contributed by atoms with E-state index in [0.29, 0.717) is 29.8 Å². The number of amides is 1. The van der Waals surface area contributed by atoms with E-state index in [0.717, 1.165) is 35.3 Å². The van der Waals surface area contributed by atoms with Crippen molar-refractivity contribution in [3.63, 3.8) is 0 Å². The molecular formula is C27H26N4O8S. The molecular weight excluding hydrogens is 540 g/mol. The molecule has 1 aromatic heterocycles. The summed E-state index contributed by atoms with van der Waals surface area (Å²) in [5.74, 6) is -0.486. The number of hydrogen-bond donors (Lipinski definition) is 1. The lowest BCUT2D eigenvalue weighted by molar-refractivity contribution is -0.385. The van der Waals surface area contributed by atoms with Crippen molar-refractivity contribution in [1.29, 1.82) is 0 Å². The van der Waals surface area contributed by atoms with Crippen LogP contribution in [0.3, 0.4) is 0 Å². The minimum atomic E-state index is -4.34. The summed E-state index contributed by atoms with van der Waals surface area (Å²) in [6.45, 7) is 4.83. The van der Waals surface area contributed by atoms with Crippen molar-refractivity contribution in [3.05, 3.63) is 104 Å². The number of methoxy groups -OCH3 is 1. The molecule has 0 aliphatic heterocycles. The standard InChI is InChI=1S/C27H26N4O8S/c1-17(2)15-29-16-19(23-14-21(31(35)36)7-10-25(23)29)12-18-4-11-26(39-3)24(13-18)27(32)28-40(37,38)22-8-5-20(6-9-22)30(33)34/h4-11,13-14,16-17H,12,15H2,1-3H3,(H,28,32). The summed E-state index contributed by atoms with van der Waals surface area (Å²) in [7, 11) is -3.00. The molecule has 3 aromatic carbocycles. The summed E-state index contributed by atoms with van der Waals surface area (Å²) < 4.78 is 34.9. The number of rotatable bonds is 10. The van der Waals surface area contributed by atoms with Crippen molar-refractivity contribution in [1.82, 2.24) is 9.29 Å². The van der Waals surface area contributed by atoms with E-state index in [1.54, 1.807) is 18.2 Å². The van der Waals surface area contributed by atoms with Gasteiger partial charge in [0.25, 0.3) is 27.3 Å². The van der Waals surface area contributed by atoms with E-state index in [4.69, 9.17) is 4.74 Å². The molecule has 0 fully saturated rings. The lowest BCUT2D eigenvalue weighted by atomic mass is 10.0. The number of carbonyl (C=O) groups excluding carboxylic acids is 1. The quantitative estimate of drug-likeness (QED) is 0.211. The number of nitro groups is 2. The largest absolute Gasteiger partial charge is 0.496 e. The van der Waals surface area contributed by atoms with Crippen molar-refractivity contribution in [2.24, 2.45) is 5.92 Å². The first-order chi connectivity index (χ1) is 18.9. The monoisotopic (exact) mass is 566 g/mol. The molecule has 4 rings (SSSR count). The van der Waals surface area contributed by atoms with E-state index in [1.165, 1.54) is 25.3 Å². The van der Waals surface area contributed by atoms with Crippen LogP contribution in [0.5, 0.6) is 5.75 Å². The van der Waals surface area contributed by atoms with E-state index < -0.39 is 25.8 Å². The van der Waals surface area contributed by atoms with Crippen molar-refractivity contribution >= 4 is 38.2 Å². The van der Waals surface area contributed by atoms with E-state index in [-0.39, 0.29) is 27.6 Å². The molecule has 1 N–H and O–H groups in total. The number of hydrogen-bond acceptors (Lipinski definition) is 8. The highest BCUT2D eigenvalue weighted by atomic mass is 32.2. The third-order valence-electron chi connectivity index (χ3n) is 6.21. The van der Waals surface area contributed by atoms with Crippen molar-refractivity contribution < 1.29 is 27.8 Å². The van der Waals surface area contributed by atoms with Gasteiger partial charge in [-0.1, -0.05) is 19.9 Å². The van der Waals surface area contributed by atoms with Gasteiger partial charge in [-0.2, -0.15) is 0 Å². The molecule has 0 atom stereocenters. The van der Waals surface area contributed by atoms with Gasteiger partial charge in [0.1, 0.15) is 5.75 Å². The predicted octanol–water partition coefficient (Wildman–Crippen LogP) is 4.83. The highest BCUT2D eigenvalue weighted by molar-refractivity contribution is 7.90. The highest BCUT2D eigenvalue weighted by Gasteiger charge is 2.23. The highest BCUT2D eigenvalue weighted by Crippen LogP contribution is 2.30. The summed E-state index contributed by atoms with van der Waals surface area (Å²) in [6.07, 6.45) is 2.24. The Labute approximate surface area is 229 Å². The first-order valence-corrected chi connectivity index (χ1v) is 13.6. The molecule has 0 unspecified atom stereocenters. The zero-order chi connectivity index (χ0) is 29.2. The molecule has 1 amide bonds. The van der Waals surface area contributed by atoms with Crippen LogP contribution < -0.4 is 9.46 Å². The Morgan fingerprint density at radius 1 is 0.975 bits per heavy atom. The van der Waals surface area contributed by atoms with Gasteiger partial charge >= 0.3 is 0 Å². The topological polar surface area (TPSA) is 164 Å². The molecule has 1 heterocycles. The number of carbonyl (C=O) groups is 1. The maximum atomic E-state index is 13.1. The summed E-state index contributed by atoms with van der Waals surface area (Å²) in [6, 6.07) is 13.6. The lowest BCUT2D eigenvalue weighted by Crippen LogP contribution is -2.31. The Morgan fingerprint density at radius 2 is 1.62 bits per heavy atom. The number of ether oxygens (including phenoxy) is 1. The minimum absolute atomic E-state index is 0.0395. The van der Waals surface area contributed by atoms with E-state index in [1.807, 2.05) is 15.5 Å². The Hall–Kier alpha value is -4.78. The molecule has 0 saturated heterocycles. The van der Waals surface area contributed by atoms with Gasteiger partial charge in [-0.25, -0.2) is 13.1 Å². The summed E-state index contributed by atoms with van der Waals surface area (Å²) in [5, 5.41) is 23.0. The molecule has 0 spiro atoms. The Morgan fingerprint density at radius 3 is 2.23 bits per heavy atom. The van der Waals surface area contributed by atoms with Crippen LogP contribution in [0.2, 0.25) is 0 Å². The summed E-state index contributed by atoms with van der Waals surface area (Å²) in [5.41, 5.74) is 1.92. The van der Waals surface area contributed by atoms with Crippen LogP contribution in [0.1, 0.15) is 35.3 Å². The maximum absolute atomic E-state index is 13.1. The number of aromatic nitrogens is 1. The van der Waals surface area contributed by atoms with Gasteiger partial charge < -0.3 is 9.30 Å². The third kappa shape index (κ3) is 5.94. The minimum Gasteiger partial charge on any atom is -0.496 e. The number of benzene rings is 3. The second-order valence-corrected chi connectivity index (χ2v) is 11.2. The number of sulfonamides is 1. The normalized spacial score (nSPS) is 11.5. The molecule has 12 nitrogen and oxygen atoms in total. The SMILES string of the molecule is COc1ccc(Cc2cn(CC(C)C)c3ccc([N+](=O)[O-])cc23)cc1C(=O)NS(=O)(=O)c1ccc([N+](=O)[O-])cc1. The van der Waals surface area contributed by atoms with Crippen LogP contribution in [0.4, 0.5) is 11.4 Å². The Kier molecular flexibility index (Phi) is 7.86. The molecule has 208 valence electrons. The molecule has 0 aliphatic rings. The van der Waals surface area contributed by atoms with Crippen LogP contribution in [0.25, 0.3) is 10.9 Å². The zero-order valence-electron chi connectivity index (χ0n) is 21.9. The van der Waals surface area contributed by atoms with E-state index in [9.17, 15) is 33.4 Å². The van der Waals surface area contributed by atoms with Crippen LogP contribution in [0.15, 0.2) is 71.8 Å². The van der Waals surface area contributed by atoms with Crippen molar-refractivity contribution in [2.45, 2.75) is 31.7 Å². The molecule has 40 heavy (non-hydrogen) atoms. The van der Waals surface area contributed by atoms with Gasteiger partial charge in [0, 0.05) is 47.9 Å². The second-order valence-electron chi connectivity index (χ2n) is 9.56. The summed E-state index contributed by atoms with van der Waals surface area (Å²) in [4.78, 5) is 33.9. The number of nitrogens with zero attached hydrogens (tertiary/aromatic N) is 3. The van der Waals surface area contributed by atoms with Crippen LogP contribution >= 0.6 is 0 Å². The lowest BCUT2D eigenvalue weighted by Gasteiger charge is -2.12. The number of nitrogens with one attached hydrogen (secondary N) is 1. The first-order valence-electron chi connectivity index (χ1n) is 12.1. The van der Waals surface area contributed by atoms with Crippen molar-refractivity contribution in [2.75, 3.05) is 7.11 Å². The third-order valence-corrected chi connectivity index (χ3v) is 7.55. The average molecular weight is 567 g/mol. The smallest absolute Gasteiger partial charge is 0.270 e. The van der Waals surface area contributed by atoms with Gasteiger partial charge in [0.05, 0.1) is 27.4 Å². The first kappa shape index (κ1) is 28.2. The van der Waals surface area contributed by atoms with Gasteiger partial charge in [0.2, 0.25) is 0 Å². The molecule has 4 aromatic rings. The predicted molar refractivity (Wildman–Crippen MR) is 147 cm³/mol. The fraction of sp³-hybridized carbons (Fsp3) is 0.222. The number of fused-ring (bicyclic) bond motifs is 1. The number of non-ortho nitro benzene ring substituents is 2.